The highest BCUT2D eigenvalue weighted by Gasteiger charge is 1.99. The smallest absolute Gasteiger partial charge is 0.155 e. The Kier molecular flexibility index (Phi) is 5.48. The summed E-state index contributed by atoms with van der Waals surface area (Å²) >= 11 is 4.60. The molecule has 60 valence electrons. The summed E-state index contributed by atoms with van der Waals surface area (Å²) in [6, 6.07) is 0. The van der Waals surface area contributed by atoms with Gasteiger partial charge in [0, 0.05) is 6.61 Å². The fourth-order valence-electron chi connectivity index (χ4n) is 0.482. The minimum atomic E-state index is -0.216. The van der Waals surface area contributed by atoms with Crippen molar-refractivity contribution < 1.29 is 9.47 Å². The SMILES string of the molecule is CCOC(C)OCC(N)=S. The lowest BCUT2D eigenvalue weighted by Gasteiger charge is -2.11. The molecule has 1 atom stereocenters. The van der Waals surface area contributed by atoms with Crippen LogP contribution < -0.4 is 5.73 Å². The van der Waals surface area contributed by atoms with Crippen LogP contribution in [0.1, 0.15) is 13.8 Å². The van der Waals surface area contributed by atoms with E-state index in [0.717, 1.165) is 0 Å². The van der Waals surface area contributed by atoms with E-state index in [9.17, 15) is 0 Å². The fraction of sp³-hybridized carbons (Fsp3) is 0.833. The van der Waals surface area contributed by atoms with Crippen molar-refractivity contribution in [2.45, 2.75) is 20.1 Å². The first-order chi connectivity index (χ1) is 4.66. The quantitative estimate of drug-likeness (QED) is 0.478. The average Bonchev–Trinajstić information content (AvgIpc) is 1.85. The summed E-state index contributed by atoms with van der Waals surface area (Å²) in [5.41, 5.74) is 5.19. The van der Waals surface area contributed by atoms with E-state index in [2.05, 4.69) is 12.2 Å². The van der Waals surface area contributed by atoms with E-state index in [1.165, 1.54) is 0 Å². The number of ether oxygens (including phenoxy) is 2. The number of hydrogen-bond donors (Lipinski definition) is 1. The summed E-state index contributed by atoms with van der Waals surface area (Å²) in [4.78, 5) is 0.353. The van der Waals surface area contributed by atoms with Crippen molar-refractivity contribution >= 4 is 17.2 Å². The Morgan fingerprint density at radius 2 is 2.20 bits per heavy atom. The Labute approximate surface area is 66.5 Å². The molecule has 1 unspecified atom stereocenters. The van der Waals surface area contributed by atoms with E-state index in [4.69, 9.17) is 15.2 Å². The van der Waals surface area contributed by atoms with Gasteiger partial charge in [-0.2, -0.15) is 0 Å². The van der Waals surface area contributed by atoms with Crippen molar-refractivity contribution in [1.82, 2.24) is 0 Å². The Balaban J connectivity index is 3.21. The molecule has 0 amide bonds. The first-order valence-electron chi connectivity index (χ1n) is 3.18. The third kappa shape index (κ3) is 5.94. The maximum Gasteiger partial charge on any atom is 0.155 e. The second-order valence-electron chi connectivity index (χ2n) is 1.80. The topological polar surface area (TPSA) is 44.5 Å². The van der Waals surface area contributed by atoms with Gasteiger partial charge in [0.05, 0.1) is 11.6 Å². The van der Waals surface area contributed by atoms with Crippen LogP contribution in [0.4, 0.5) is 0 Å². The Hall–Kier alpha value is -0.190. The molecule has 10 heavy (non-hydrogen) atoms. The monoisotopic (exact) mass is 163 g/mol. The first-order valence-corrected chi connectivity index (χ1v) is 3.59. The minimum absolute atomic E-state index is 0.216. The number of rotatable bonds is 5. The zero-order valence-corrected chi connectivity index (χ0v) is 7.11. The highest BCUT2D eigenvalue weighted by Crippen LogP contribution is 1.91. The number of hydrogen-bond acceptors (Lipinski definition) is 3. The summed E-state index contributed by atoms with van der Waals surface area (Å²) < 4.78 is 10.1. The van der Waals surface area contributed by atoms with Crippen LogP contribution in [0.15, 0.2) is 0 Å². The average molecular weight is 163 g/mol. The predicted molar refractivity (Wildman–Crippen MR) is 43.8 cm³/mol. The summed E-state index contributed by atoms with van der Waals surface area (Å²) in [6.07, 6.45) is -0.216. The Bertz CT molecular complexity index is 108. The van der Waals surface area contributed by atoms with Gasteiger partial charge in [0.2, 0.25) is 0 Å². The third-order valence-corrected chi connectivity index (χ3v) is 0.980. The van der Waals surface area contributed by atoms with Crippen LogP contribution in [0.5, 0.6) is 0 Å². The van der Waals surface area contributed by atoms with Crippen molar-refractivity contribution in [3.05, 3.63) is 0 Å². The van der Waals surface area contributed by atoms with Gasteiger partial charge in [-0.3, -0.25) is 0 Å². The summed E-state index contributed by atoms with van der Waals surface area (Å²) in [5.74, 6) is 0. The maximum atomic E-state index is 5.19. The molecule has 4 heteroatoms. The number of thiocarbonyl (C=S) groups is 1. The van der Waals surface area contributed by atoms with E-state index in [1.54, 1.807) is 0 Å². The lowest BCUT2D eigenvalue weighted by molar-refractivity contribution is -0.115. The Morgan fingerprint density at radius 3 is 2.60 bits per heavy atom. The molecule has 0 heterocycles. The van der Waals surface area contributed by atoms with Crippen molar-refractivity contribution in [2.75, 3.05) is 13.2 Å². The molecular formula is C6H13NO2S. The normalized spacial score (nSPS) is 13.0. The largest absolute Gasteiger partial charge is 0.391 e. The van der Waals surface area contributed by atoms with Crippen molar-refractivity contribution in [3.63, 3.8) is 0 Å². The molecule has 0 radical (unpaired) electrons. The molecule has 3 nitrogen and oxygen atoms in total. The zero-order valence-electron chi connectivity index (χ0n) is 6.29. The second kappa shape index (κ2) is 5.58. The third-order valence-electron chi connectivity index (χ3n) is 0.862. The highest BCUT2D eigenvalue weighted by atomic mass is 32.1. The molecule has 0 spiro atoms. The van der Waals surface area contributed by atoms with Gasteiger partial charge in [-0.15, -0.1) is 0 Å². The van der Waals surface area contributed by atoms with Crippen LogP contribution >= 0.6 is 12.2 Å². The van der Waals surface area contributed by atoms with Gasteiger partial charge in [0.15, 0.2) is 6.29 Å². The molecule has 0 aliphatic heterocycles. The fourth-order valence-corrected chi connectivity index (χ4v) is 0.550. The summed E-state index contributed by atoms with van der Waals surface area (Å²) in [5, 5.41) is 0. The zero-order chi connectivity index (χ0) is 7.98. The first kappa shape index (κ1) is 9.81. The molecule has 0 aliphatic carbocycles. The molecular weight excluding hydrogens is 150 g/mol. The molecule has 0 aromatic carbocycles. The van der Waals surface area contributed by atoms with Crippen molar-refractivity contribution in [1.29, 1.82) is 0 Å². The van der Waals surface area contributed by atoms with E-state index in [0.29, 0.717) is 11.6 Å². The molecule has 0 rings (SSSR count). The van der Waals surface area contributed by atoms with Crippen LogP contribution in [0, 0.1) is 0 Å². The predicted octanol–water partition coefficient (Wildman–Crippen LogP) is 0.672. The molecule has 0 aliphatic rings. The van der Waals surface area contributed by atoms with E-state index >= 15 is 0 Å². The lowest BCUT2D eigenvalue weighted by atomic mass is 10.7. The van der Waals surface area contributed by atoms with Gasteiger partial charge in [0.25, 0.3) is 0 Å². The van der Waals surface area contributed by atoms with E-state index in [1.807, 2.05) is 13.8 Å². The van der Waals surface area contributed by atoms with Crippen LogP contribution in [0.3, 0.4) is 0 Å². The minimum Gasteiger partial charge on any atom is -0.391 e. The van der Waals surface area contributed by atoms with Crippen LogP contribution in [-0.4, -0.2) is 24.5 Å². The molecule has 0 saturated heterocycles. The summed E-state index contributed by atoms with van der Waals surface area (Å²) in [6.45, 7) is 4.64. The van der Waals surface area contributed by atoms with E-state index in [-0.39, 0.29) is 12.9 Å². The molecule has 0 bridgehead atoms. The van der Waals surface area contributed by atoms with Crippen LogP contribution in [0.25, 0.3) is 0 Å². The van der Waals surface area contributed by atoms with Gasteiger partial charge >= 0.3 is 0 Å². The summed E-state index contributed by atoms with van der Waals surface area (Å²) in [7, 11) is 0. The van der Waals surface area contributed by atoms with Gasteiger partial charge in [-0.05, 0) is 13.8 Å². The molecule has 0 aromatic rings. The standard InChI is InChI=1S/C6H13NO2S/c1-3-8-5(2)9-4-6(7)10/h5H,3-4H2,1-2H3,(H2,7,10). The van der Waals surface area contributed by atoms with Gasteiger partial charge in [-0.25, -0.2) is 0 Å². The molecule has 0 fully saturated rings. The molecule has 2 N–H and O–H groups in total. The maximum absolute atomic E-state index is 5.19. The molecule has 0 aromatic heterocycles. The van der Waals surface area contributed by atoms with Crippen molar-refractivity contribution in [2.24, 2.45) is 5.73 Å². The van der Waals surface area contributed by atoms with Gasteiger partial charge < -0.3 is 15.2 Å². The molecule has 0 saturated carbocycles. The van der Waals surface area contributed by atoms with Crippen LogP contribution in [-0.2, 0) is 9.47 Å². The second-order valence-corrected chi connectivity index (χ2v) is 2.32. The lowest BCUT2D eigenvalue weighted by Crippen LogP contribution is -2.21. The Morgan fingerprint density at radius 1 is 1.60 bits per heavy atom. The highest BCUT2D eigenvalue weighted by molar-refractivity contribution is 7.80. The van der Waals surface area contributed by atoms with E-state index < -0.39 is 0 Å². The van der Waals surface area contributed by atoms with Gasteiger partial charge in [-0.1, -0.05) is 12.2 Å². The van der Waals surface area contributed by atoms with Crippen LogP contribution in [0.2, 0.25) is 0 Å². The van der Waals surface area contributed by atoms with Crippen molar-refractivity contribution in [3.8, 4) is 0 Å². The van der Waals surface area contributed by atoms with Gasteiger partial charge in [0.1, 0.15) is 0 Å². The number of nitrogens with two attached hydrogens (primary N) is 1.